The number of likely N-dealkylation sites (tertiary alicyclic amines) is 1. The largest absolute Gasteiger partial charge is 0.480 e. The van der Waals surface area contributed by atoms with E-state index >= 15 is 0 Å². The fraction of sp³-hybridized carbons (Fsp3) is 0.500. The van der Waals surface area contributed by atoms with Crippen molar-refractivity contribution in [3.8, 4) is 5.75 Å². The van der Waals surface area contributed by atoms with Crippen molar-refractivity contribution in [3.05, 3.63) is 29.8 Å². The van der Waals surface area contributed by atoms with Crippen LogP contribution in [0.3, 0.4) is 0 Å². The summed E-state index contributed by atoms with van der Waals surface area (Å²) in [5.74, 6) is -1.45. The fourth-order valence-electron chi connectivity index (χ4n) is 2.69. The van der Waals surface area contributed by atoms with Crippen molar-refractivity contribution in [2.24, 2.45) is 11.7 Å². The van der Waals surface area contributed by atoms with Crippen molar-refractivity contribution in [1.82, 2.24) is 4.90 Å². The van der Waals surface area contributed by atoms with E-state index in [-0.39, 0.29) is 11.7 Å². The molecule has 24 heavy (non-hydrogen) atoms. The monoisotopic (exact) mass is 344 g/mol. The number of halogens is 3. The van der Waals surface area contributed by atoms with Crippen LogP contribution in [0.25, 0.3) is 0 Å². The minimum absolute atomic E-state index is 0.267. The quantitative estimate of drug-likeness (QED) is 0.910. The van der Waals surface area contributed by atoms with Crippen molar-refractivity contribution in [2.45, 2.75) is 32.0 Å². The van der Waals surface area contributed by atoms with Gasteiger partial charge < -0.3 is 15.4 Å². The van der Waals surface area contributed by atoms with E-state index in [1.165, 1.54) is 30.0 Å². The first-order valence-corrected chi connectivity index (χ1v) is 7.61. The number of hydrogen-bond acceptors (Lipinski definition) is 3. The van der Waals surface area contributed by atoms with Crippen molar-refractivity contribution < 1.29 is 27.5 Å². The number of piperidine rings is 1. The molecule has 0 bridgehead atoms. The third-order valence-corrected chi connectivity index (χ3v) is 4.05. The normalized spacial score (nSPS) is 17.4. The second-order valence-corrected chi connectivity index (χ2v) is 5.76. The van der Waals surface area contributed by atoms with Gasteiger partial charge in [0.25, 0.3) is 5.91 Å². The summed E-state index contributed by atoms with van der Waals surface area (Å²) in [5, 5.41) is 0. The summed E-state index contributed by atoms with van der Waals surface area (Å²) < 4.78 is 44.1. The van der Waals surface area contributed by atoms with Gasteiger partial charge in [-0.25, -0.2) is 0 Å². The first-order valence-electron chi connectivity index (χ1n) is 7.61. The molecule has 0 aliphatic carbocycles. The highest BCUT2D eigenvalue weighted by Gasteiger charge is 2.35. The predicted octanol–water partition coefficient (Wildman–Crippen LogP) is 2.20. The molecule has 2 N–H and O–H groups in total. The van der Waals surface area contributed by atoms with Crippen LogP contribution >= 0.6 is 0 Å². The van der Waals surface area contributed by atoms with Crippen LogP contribution < -0.4 is 10.5 Å². The molecule has 1 atom stereocenters. The topological polar surface area (TPSA) is 72.6 Å². The molecule has 0 radical (unpaired) electrons. The Morgan fingerprint density at radius 3 is 2.38 bits per heavy atom. The zero-order valence-corrected chi connectivity index (χ0v) is 13.2. The third kappa shape index (κ3) is 4.18. The van der Waals surface area contributed by atoms with Crippen LogP contribution in [0.4, 0.5) is 13.2 Å². The minimum atomic E-state index is -4.56. The summed E-state index contributed by atoms with van der Waals surface area (Å²) in [5.41, 5.74) is 4.32. The van der Waals surface area contributed by atoms with E-state index in [1.807, 2.05) is 0 Å². The Bertz CT molecular complexity index is 611. The molecule has 1 aromatic carbocycles. The maximum atomic E-state index is 13.0. The number of rotatable bonds is 4. The average molecular weight is 344 g/mol. The number of para-hydroxylation sites is 1. The van der Waals surface area contributed by atoms with Gasteiger partial charge in [-0.2, -0.15) is 13.2 Å². The van der Waals surface area contributed by atoms with E-state index in [0.717, 1.165) is 6.07 Å². The Balaban J connectivity index is 2.02. The maximum absolute atomic E-state index is 13.0. The summed E-state index contributed by atoms with van der Waals surface area (Å²) in [6, 6.07) is 4.77. The molecule has 2 rings (SSSR count). The lowest BCUT2D eigenvalue weighted by atomic mass is 9.96. The Morgan fingerprint density at radius 2 is 1.83 bits per heavy atom. The number of nitrogens with two attached hydrogens (primary N) is 1. The summed E-state index contributed by atoms with van der Waals surface area (Å²) in [4.78, 5) is 25.0. The third-order valence-electron chi connectivity index (χ3n) is 4.05. The van der Waals surface area contributed by atoms with Gasteiger partial charge in [0.2, 0.25) is 5.91 Å². The molecule has 132 valence electrons. The van der Waals surface area contributed by atoms with Crippen molar-refractivity contribution in [2.75, 3.05) is 13.1 Å². The molecule has 1 aromatic rings. The van der Waals surface area contributed by atoms with Crippen molar-refractivity contribution in [3.63, 3.8) is 0 Å². The fourth-order valence-corrected chi connectivity index (χ4v) is 2.69. The number of carbonyl (C=O) groups is 2. The van der Waals surface area contributed by atoms with E-state index in [2.05, 4.69) is 0 Å². The molecule has 1 fully saturated rings. The van der Waals surface area contributed by atoms with Gasteiger partial charge in [0.15, 0.2) is 6.10 Å². The number of ether oxygens (including phenoxy) is 1. The highest BCUT2D eigenvalue weighted by molar-refractivity contribution is 5.82. The summed E-state index contributed by atoms with van der Waals surface area (Å²) in [6.07, 6.45) is -4.71. The standard InChI is InChI=1S/C16H19F3N2O3/c1-10(15(23)21-8-6-11(7-9-21)14(20)22)24-13-5-3-2-4-12(13)16(17,18)19/h2-5,10-11H,6-9H2,1H3,(H2,20,22). The van der Waals surface area contributed by atoms with E-state index in [1.54, 1.807) is 0 Å². The van der Waals surface area contributed by atoms with Gasteiger partial charge in [-0.3, -0.25) is 9.59 Å². The molecule has 1 aliphatic rings. The Labute approximate surface area is 137 Å². The smallest absolute Gasteiger partial charge is 0.419 e. The van der Waals surface area contributed by atoms with Gasteiger partial charge in [0.1, 0.15) is 5.75 Å². The van der Waals surface area contributed by atoms with Crippen LogP contribution in [-0.4, -0.2) is 35.9 Å². The van der Waals surface area contributed by atoms with Crippen LogP contribution in [0.2, 0.25) is 0 Å². The molecule has 1 unspecified atom stereocenters. The van der Waals surface area contributed by atoms with Crippen LogP contribution in [0.1, 0.15) is 25.3 Å². The van der Waals surface area contributed by atoms with Crippen molar-refractivity contribution >= 4 is 11.8 Å². The van der Waals surface area contributed by atoms with Gasteiger partial charge >= 0.3 is 6.18 Å². The molecular weight excluding hydrogens is 325 g/mol. The van der Waals surface area contributed by atoms with Gasteiger partial charge in [-0.1, -0.05) is 12.1 Å². The van der Waals surface area contributed by atoms with Crippen LogP contribution in [0, 0.1) is 5.92 Å². The zero-order valence-electron chi connectivity index (χ0n) is 13.2. The molecule has 1 heterocycles. The SMILES string of the molecule is CC(Oc1ccccc1C(F)(F)F)C(=O)N1CCC(C(N)=O)CC1. The van der Waals surface area contributed by atoms with Crippen LogP contribution in [0.15, 0.2) is 24.3 Å². The number of primary amides is 1. The van der Waals surface area contributed by atoms with Gasteiger partial charge in [0, 0.05) is 19.0 Å². The van der Waals surface area contributed by atoms with Crippen LogP contribution in [0.5, 0.6) is 5.75 Å². The first-order chi connectivity index (χ1) is 11.2. The second kappa shape index (κ2) is 7.11. The second-order valence-electron chi connectivity index (χ2n) is 5.76. The van der Waals surface area contributed by atoms with Crippen molar-refractivity contribution in [1.29, 1.82) is 0 Å². The molecule has 0 saturated carbocycles. The number of alkyl halides is 3. The van der Waals surface area contributed by atoms with Crippen LogP contribution in [-0.2, 0) is 15.8 Å². The van der Waals surface area contributed by atoms with E-state index in [4.69, 9.17) is 10.5 Å². The van der Waals surface area contributed by atoms with Gasteiger partial charge in [-0.15, -0.1) is 0 Å². The Kier molecular flexibility index (Phi) is 5.36. The lowest BCUT2D eigenvalue weighted by Gasteiger charge is -2.32. The van der Waals surface area contributed by atoms with E-state index in [9.17, 15) is 22.8 Å². The van der Waals surface area contributed by atoms with E-state index in [0.29, 0.717) is 25.9 Å². The Morgan fingerprint density at radius 1 is 1.25 bits per heavy atom. The summed E-state index contributed by atoms with van der Waals surface area (Å²) in [7, 11) is 0. The highest BCUT2D eigenvalue weighted by atomic mass is 19.4. The Hall–Kier alpha value is -2.25. The number of benzene rings is 1. The number of carbonyl (C=O) groups excluding carboxylic acids is 2. The lowest BCUT2D eigenvalue weighted by molar-refractivity contribution is -0.144. The summed E-state index contributed by atoms with van der Waals surface area (Å²) in [6.45, 7) is 2.08. The average Bonchev–Trinajstić information content (AvgIpc) is 2.53. The van der Waals surface area contributed by atoms with E-state index < -0.39 is 29.7 Å². The van der Waals surface area contributed by atoms with Gasteiger partial charge in [-0.05, 0) is 31.9 Å². The molecule has 0 aromatic heterocycles. The predicted molar refractivity (Wildman–Crippen MR) is 80.0 cm³/mol. The first kappa shape index (κ1) is 18.1. The molecule has 1 aliphatic heterocycles. The minimum Gasteiger partial charge on any atom is -0.480 e. The maximum Gasteiger partial charge on any atom is 0.419 e. The summed E-state index contributed by atoms with van der Waals surface area (Å²) >= 11 is 0. The molecule has 8 heteroatoms. The molecule has 2 amide bonds. The molecular formula is C16H19F3N2O3. The lowest BCUT2D eigenvalue weighted by Crippen LogP contribution is -2.46. The number of amides is 2. The molecule has 5 nitrogen and oxygen atoms in total. The highest BCUT2D eigenvalue weighted by Crippen LogP contribution is 2.36. The van der Waals surface area contributed by atoms with Gasteiger partial charge in [0.05, 0.1) is 5.56 Å². The molecule has 0 spiro atoms. The number of nitrogens with zero attached hydrogens (tertiary/aromatic N) is 1. The molecule has 1 saturated heterocycles. The zero-order chi connectivity index (χ0) is 17.9. The number of hydrogen-bond donors (Lipinski definition) is 1.